The first-order valence-corrected chi connectivity index (χ1v) is 19.8. The van der Waals surface area contributed by atoms with Crippen molar-refractivity contribution in [3.05, 3.63) is 222 Å². The largest absolute Gasteiger partial charge is 0.208 e. The first kappa shape index (κ1) is 32.4. The fraction of sp³-hybridized carbons (Fsp3) is 0.0192. The number of hydrogen-bond donors (Lipinski definition) is 0. The van der Waals surface area contributed by atoms with Crippen LogP contribution in [0, 0.1) is 0 Å². The molecule has 0 bridgehead atoms. The summed E-state index contributed by atoms with van der Waals surface area (Å²) in [7, 11) is 0. The number of nitrogens with zero attached hydrogens (tertiary/aromatic N) is 3. The molecule has 0 unspecified atom stereocenters. The van der Waals surface area contributed by atoms with Gasteiger partial charge in [-0.3, -0.25) is 0 Å². The van der Waals surface area contributed by atoms with E-state index in [0.717, 1.165) is 27.8 Å². The van der Waals surface area contributed by atoms with Crippen molar-refractivity contribution in [3.8, 4) is 56.4 Å². The lowest BCUT2D eigenvalue weighted by atomic mass is 9.67. The number of benzene rings is 8. The molecule has 0 N–H and O–H groups in total. The zero-order valence-electron chi connectivity index (χ0n) is 30.3. The monoisotopic (exact) mass is 731 g/mol. The molecule has 0 radical (unpaired) electrons. The minimum absolute atomic E-state index is 0.520. The zero-order valence-corrected chi connectivity index (χ0v) is 31.1. The molecule has 0 aliphatic heterocycles. The molecule has 1 aliphatic rings. The second kappa shape index (κ2) is 13.1. The number of aromatic nitrogens is 3. The second-order valence-electron chi connectivity index (χ2n) is 14.3. The van der Waals surface area contributed by atoms with Crippen LogP contribution in [0.2, 0.25) is 0 Å². The summed E-state index contributed by atoms with van der Waals surface area (Å²) in [6.45, 7) is 0. The van der Waals surface area contributed by atoms with Crippen LogP contribution in [0.3, 0.4) is 0 Å². The molecule has 0 amide bonds. The van der Waals surface area contributed by atoms with Crippen molar-refractivity contribution in [1.82, 2.24) is 15.0 Å². The summed E-state index contributed by atoms with van der Waals surface area (Å²) in [6.07, 6.45) is 0. The van der Waals surface area contributed by atoms with Gasteiger partial charge in [-0.05, 0) is 62.7 Å². The lowest BCUT2D eigenvalue weighted by Gasteiger charge is -2.34. The van der Waals surface area contributed by atoms with Crippen LogP contribution in [0.4, 0.5) is 0 Å². The van der Waals surface area contributed by atoms with Gasteiger partial charge in [-0.1, -0.05) is 182 Å². The fourth-order valence-corrected chi connectivity index (χ4v) is 9.82. The first-order valence-electron chi connectivity index (χ1n) is 18.9. The molecule has 0 atom stereocenters. The standard InChI is InChI=1S/C52H33N3S/c1-3-14-34(15-4-1)37-18-13-19-38(32-37)51-54-49(35-16-5-2-6-17-35)53-50(55-51)36-26-28-39(29-27-36)52(45-23-10-7-20-41(45)42-21-8-11-24-46(42)52)40-30-31-44-43-22-9-12-25-47(43)56-48(44)33-40/h1-33H. The van der Waals surface area contributed by atoms with E-state index in [9.17, 15) is 0 Å². The lowest BCUT2D eigenvalue weighted by molar-refractivity contribution is 0.770. The molecule has 0 saturated heterocycles. The van der Waals surface area contributed by atoms with Gasteiger partial charge in [0.1, 0.15) is 0 Å². The topological polar surface area (TPSA) is 38.7 Å². The van der Waals surface area contributed by atoms with Gasteiger partial charge >= 0.3 is 0 Å². The smallest absolute Gasteiger partial charge is 0.164 e. The molecular weight excluding hydrogens is 699 g/mol. The number of fused-ring (bicyclic) bond motifs is 6. The van der Waals surface area contributed by atoms with E-state index in [1.54, 1.807) is 0 Å². The highest BCUT2D eigenvalue weighted by Gasteiger charge is 2.46. The predicted molar refractivity (Wildman–Crippen MR) is 232 cm³/mol. The van der Waals surface area contributed by atoms with Crippen LogP contribution >= 0.6 is 11.3 Å². The summed E-state index contributed by atoms with van der Waals surface area (Å²) in [6, 6.07) is 71.6. The van der Waals surface area contributed by atoms with Gasteiger partial charge in [0.25, 0.3) is 0 Å². The van der Waals surface area contributed by atoms with Crippen molar-refractivity contribution in [1.29, 1.82) is 0 Å². The molecule has 0 saturated carbocycles. The summed E-state index contributed by atoms with van der Waals surface area (Å²) < 4.78 is 2.60. The molecule has 11 rings (SSSR count). The maximum Gasteiger partial charge on any atom is 0.164 e. The molecule has 262 valence electrons. The summed E-state index contributed by atoms with van der Waals surface area (Å²) in [4.78, 5) is 15.3. The average molecular weight is 732 g/mol. The minimum atomic E-state index is -0.520. The van der Waals surface area contributed by atoms with Gasteiger partial charge in [0, 0.05) is 36.9 Å². The molecule has 1 aliphatic carbocycles. The van der Waals surface area contributed by atoms with Crippen molar-refractivity contribution in [2.24, 2.45) is 0 Å². The SMILES string of the molecule is c1ccc(-c2cccc(-c3nc(-c4ccccc4)nc(-c4ccc(C5(c6ccc7c(c6)sc6ccccc67)c6ccccc6-c6ccccc65)cc4)n3)c2)cc1. The Bertz CT molecular complexity index is 3030. The third-order valence-electron chi connectivity index (χ3n) is 11.2. The van der Waals surface area contributed by atoms with E-state index in [0.29, 0.717) is 17.5 Å². The van der Waals surface area contributed by atoms with E-state index in [-0.39, 0.29) is 0 Å². The van der Waals surface area contributed by atoms with E-state index in [2.05, 4.69) is 176 Å². The number of thiophene rings is 1. The van der Waals surface area contributed by atoms with Crippen molar-refractivity contribution < 1.29 is 0 Å². The van der Waals surface area contributed by atoms with Crippen molar-refractivity contribution in [2.75, 3.05) is 0 Å². The highest BCUT2D eigenvalue weighted by molar-refractivity contribution is 7.25. The molecule has 56 heavy (non-hydrogen) atoms. The second-order valence-corrected chi connectivity index (χ2v) is 15.4. The normalized spacial score (nSPS) is 12.8. The Hall–Kier alpha value is -7.01. The Morgan fingerprint density at radius 2 is 0.821 bits per heavy atom. The minimum Gasteiger partial charge on any atom is -0.208 e. The molecule has 10 aromatic rings. The maximum atomic E-state index is 5.14. The highest BCUT2D eigenvalue weighted by atomic mass is 32.1. The summed E-state index contributed by atoms with van der Waals surface area (Å²) in [5.74, 6) is 1.92. The highest BCUT2D eigenvalue weighted by Crippen LogP contribution is 2.56. The van der Waals surface area contributed by atoms with E-state index >= 15 is 0 Å². The van der Waals surface area contributed by atoms with Crippen LogP contribution in [0.25, 0.3) is 76.6 Å². The fourth-order valence-electron chi connectivity index (χ4n) is 8.67. The van der Waals surface area contributed by atoms with E-state index < -0.39 is 5.41 Å². The Kier molecular flexibility index (Phi) is 7.58. The molecule has 0 fully saturated rings. The Balaban J connectivity index is 1.09. The lowest BCUT2D eigenvalue weighted by Crippen LogP contribution is -2.28. The molecular formula is C52H33N3S. The van der Waals surface area contributed by atoms with E-state index in [1.165, 1.54) is 53.6 Å². The Labute approximate surface area is 329 Å². The van der Waals surface area contributed by atoms with Crippen LogP contribution in [-0.2, 0) is 5.41 Å². The molecule has 0 spiro atoms. The molecule has 2 aromatic heterocycles. The van der Waals surface area contributed by atoms with Gasteiger partial charge in [-0.25, -0.2) is 15.0 Å². The molecule has 3 nitrogen and oxygen atoms in total. The summed E-state index contributed by atoms with van der Waals surface area (Å²) in [5.41, 5.74) is 12.2. The number of hydrogen-bond acceptors (Lipinski definition) is 4. The van der Waals surface area contributed by atoms with Gasteiger partial charge in [0.2, 0.25) is 0 Å². The predicted octanol–water partition coefficient (Wildman–Crippen LogP) is 13.3. The van der Waals surface area contributed by atoms with Gasteiger partial charge in [-0.2, -0.15) is 0 Å². The zero-order chi connectivity index (χ0) is 37.1. The van der Waals surface area contributed by atoms with Crippen LogP contribution in [0.15, 0.2) is 200 Å². The van der Waals surface area contributed by atoms with Gasteiger partial charge in [-0.15, -0.1) is 11.3 Å². The Morgan fingerprint density at radius 1 is 0.321 bits per heavy atom. The van der Waals surface area contributed by atoms with E-state index in [1.807, 2.05) is 35.6 Å². The van der Waals surface area contributed by atoms with Crippen molar-refractivity contribution >= 4 is 31.5 Å². The number of rotatable bonds is 6. The van der Waals surface area contributed by atoms with Gasteiger partial charge in [0.15, 0.2) is 17.5 Å². The van der Waals surface area contributed by atoms with Crippen molar-refractivity contribution in [2.45, 2.75) is 5.41 Å². The summed E-state index contributed by atoms with van der Waals surface area (Å²) in [5, 5.41) is 2.61. The molecule has 2 heterocycles. The maximum absolute atomic E-state index is 5.14. The molecule has 4 heteroatoms. The van der Waals surface area contributed by atoms with Crippen LogP contribution in [0.5, 0.6) is 0 Å². The molecule has 8 aromatic carbocycles. The van der Waals surface area contributed by atoms with Crippen LogP contribution in [-0.4, -0.2) is 15.0 Å². The van der Waals surface area contributed by atoms with Crippen molar-refractivity contribution in [3.63, 3.8) is 0 Å². The summed E-state index contributed by atoms with van der Waals surface area (Å²) >= 11 is 1.87. The average Bonchev–Trinajstić information content (AvgIpc) is 3.80. The Morgan fingerprint density at radius 3 is 1.52 bits per heavy atom. The quantitative estimate of drug-likeness (QED) is 0.171. The van der Waals surface area contributed by atoms with Crippen LogP contribution < -0.4 is 0 Å². The third kappa shape index (κ3) is 5.14. The third-order valence-corrected chi connectivity index (χ3v) is 12.4. The van der Waals surface area contributed by atoms with Crippen LogP contribution in [0.1, 0.15) is 22.3 Å². The van der Waals surface area contributed by atoms with E-state index in [4.69, 9.17) is 15.0 Å². The van der Waals surface area contributed by atoms with Gasteiger partial charge in [0.05, 0.1) is 5.41 Å². The van der Waals surface area contributed by atoms with Gasteiger partial charge < -0.3 is 0 Å². The first-order chi connectivity index (χ1) is 27.7.